The van der Waals surface area contributed by atoms with Crippen LogP contribution in [0.1, 0.15) is 12.1 Å². The Kier molecular flexibility index (Phi) is 4.56. The second-order valence-electron chi connectivity index (χ2n) is 5.77. The fourth-order valence-corrected chi connectivity index (χ4v) is 4.42. The number of oxazole rings is 1. The standard InChI is InChI=1S/C17H13BrN4O3S/c18-10-8-26-17(14(10)16-20-4-5-25-16)22-13(23)7-9-6-12-11(21-15(9)24)2-1-3-19-12/h1-5,8-9H,6-7H2,(H,21,24)(H,22,23). The molecule has 9 heteroatoms. The van der Waals surface area contributed by atoms with Gasteiger partial charge in [-0.3, -0.25) is 14.6 Å². The van der Waals surface area contributed by atoms with Gasteiger partial charge in [0.05, 0.1) is 29.1 Å². The van der Waals surface area contributed by atoms with E-state index in [-0.39, 0.29) is 18.2 Å². The molecule has 1 aliphatic rings. The lowest BCUT2D eigenvalue weighted by atomic mass is 9.93. The zero-order valence-corrected chi connectivity index (χ0v) is 15.8. The third-order valence-electron chi connectivity index (χ3n) is 4.04. The summed E-state index contributed by atoms with van der Waals surface area (Å²) in [6.45, 7) is 0. The van der Waals surface area contributed by atoms with Crippen molar-refractivity contribution in [3.8, 4) is 11.5 Å². The van der Waals surface area contributed by atoms with Gasteiger partial charge < -0.3 is 15.1 Å². The third kappa shape index (κ3) is 3.27. The summed E-state index contributed by atoms with van der Waals surface area (Å²) >= 11 is 4.80. The molecule has 1 unspecified atom stereocenters. The number of halogens is 1. The summed E-state index contributed by atoms with van der Waals surface area (Å²) in [6.07, 6.45) is 5.21. The number of hydrogen-bond acceptors (Lipinski definition) is 6. The predicted octanol–water partition coefficient (Wildman–Crippen LogP) is 3.70. The van der Waals surface area contributed by atoms with Gasteiger partial charge in [0, 0.05) is 28.9 Å². The molecule has 2 amide bonds. The van der Waals surface area contributed by atoms with E-state index in [0.717, 1.165) is 10.2 Å². The fourth-order valence-electron chi connectivity index (χ4n) is 2.82. The van der Waals surface area contributed by atoms with Crippen LogP contribution in [0.3, 0.4) is 0 Å². The first-order chi connectivity index (χ1) is 12.6. The van der Waals surface area contributed by atoms with Crippen molar-refractivity contribution in [2.24, 2.45) is 5.92 Å². The molecular weight excluding hydrogens is 420 g/mol. The van der Waals surface area contributed by atoms with Gasteiger partial charge >= 0.3 is 0 Å². The average Bonchev–Trinajstić information content (AvgIpc) is 3.25. The normalized spacial score (nSPS) is 16.0. The van der Waals surface area contributed by atoms with E-state index in [9.17, 15) is 9.59 Å². The molecule has 0 bridgehead atoms. The van der Waals surface area contributed by atoms with Crippen LogP contribution < -0.4 is 10.6 Å². The molecule has 132 valence electrons. The summed E-state index contributed by atoms with van der Waals surface area (Å²) in [6, 6.07) is 3.58. The number of rotatable bonds is 4. The summed E-state index contributed by atoms with van der Waals surface area (Å²) in [7, 11) is 0. The van der Waals surface area contributed by atoms with Crippen molar-refractivity contribution in [2.75, 3.05) is 10.6 Å². The Morgan fingerprint density at radius 2 is 2.31 bits per heavy atom. The number of nitrogens with zero attached hydrogens (tertiary/aromatic N) is 2. The summed E-state index contributed by atoms with van der Waals surface area (Å²) < 4.78 is 6.11. The Hall–Kier alpha value is -2.52. The Morgan fingerprint density at radius 3 is 3.12 bits per heavy atom. The lowest BCUT2D eigenvalue weighted by Crippen LogP contribution is -2.33. The van der Waals surface area contributed by atoms with Crippen LogP contribution in [-0.4, -0.2) is 21.8 Å². The van der Waals surface area contributed by atoms with Gasteiger partial charge in [-0.25, -0.2) is 4.98 Å². The molecule has 0 aromatic carbocycles. The molecule has 0 fully saturated rings. The molecular formula is C17H13BrN4O3S. The van der Waals surface area contributed by atoms with Crippen molar-refractivity contribution in [2.45, 2.75) is 12.8 Å². The quantitative estimate of drug-likeness (QED) is 0.654. The van der Waals surface area contributed by atoms with Crippen LogP contribution in [0, 0.1) is 5.92 Å². The maximum Gasteiger partial charge on any atom is 0.230 e. The summed E-state index contributed by atoms with van der Waals surface area (Å²) in [5.74, 6) is -0.444. The fraction of sp³-hybridized carbons (Fsp3) is 0.176. The van der Waals surface area contributed by atoms with Crippen LogP contribution in [0.25, 0.3) is 11.5 Å². The van der Waals surface area contributed by atoms with Gasteiger partial charge in [0.2, 0.25) is 17.7 Å². The molecule has 0 saturated carbocycles. The molecule has 0 saturated heterocycles. The van der Waals surface area contributed by atoms with Gasteiger partial charge in [-0.05, 0) is 28.1 Å². The van der Waals surface area contributed by atoms with Crippen LogP contribution >= 0.6 is 27.3 Å². The molecule has 0 aliphatic carbocycles. The Labute approximate surface area is 161 Å². The lowest BCUT2D eigenvalue weighted by Gasteiger charge is -2.23. The van der Waals surface area contributed by atoms with Gasteiger partial charge in [0.25, 0.3) is 0 Å². The second kappa shape index (κ2) is 7.00. The lowest BCUT2D eigenvalue weighted by molar-refractivity contribution is -0.125. The van der Waals surface area contributed by atoms with E-state index in [1.165, 1.54) is 17.6 Å². The van der Waals surface area contributed by atoms with E-state index < -0.39 is 5.92 Å². The topological polar surface area (TPSA) is 97.1 Å². The van der Waals surface area contributed by atoms with Crippen LogP contribution in [0.5, 0.6) is 0 Å². The van der Waals surface area contributed by atoms with E-state index in [2.05, 4.69) is 36.5 Å². The summed E-state index contributed by atoms with van der Waals surface area (Å²) in [5.41, 5.74) is 2.19. The van der Waals surface area contributed by atoms with Gasteiger partial charge in [-0.2, -0.15) is 0 Å². The molecule has 26 heavy (non-hydrogen) atoms. The van der Waals surface area contributed by atoms with E-state index in [1.54, 1.807) is 18.5 Å². The Balaban J connectivity index is 1.48. The monoisotopic (exact) mass is 432 g/mol. The van der Waals surface area contributed by atoms with Crippen LogP contribution in [0.4, 0.5) is 10.7 Å². The average molecular weight is 433 g/mol. The summed E-state index contributed by atoms with van der Waals surface area (Å²) in [5, 5.41) is 8.14. The highest BCUT2D eigenvalue weighted by Gasteiger charge is 2.29. The minimum Gasteiger partial charge on any atom is -0.444 e. The molecule has 4 heterocycles. The van der Waals surface area contributed by atoms with Crippen molar-refractivity contribution in [1.82, 2.24) is 9.97 Å². The Morgan fingerprint density at radius 1 is 1.42 bits per heavy atom. The molecule has 3 aromatic heterocycles. The summed E-state index contributed by atoms with van der Waals surface area (Å²) in [4.78, 5) is 33.2. The van der Waals surface area contributed by atoms with E-state index in [0.29, 0.717) is 28.6 Å². The predicted molar refractivity (Wildman–Crippen MR) is 101 cm³/mol. The third-order valence-corrected chi connectivity index (χ3v) is 5.86. The molecule has 3 aromatic rings. The molecule has 4 rings (SSSR count). The van der Waals surface area contributed by atoms with Crippen molar-refractivity contribution < 1.29 is 14.0 Å². The minimum absolute atomic E-state index is 0.0718. The van der Waals surface area contributed by atoms with Crippen LogP contribution in [0.2, 0.25) is 0 Å². The van der Waals surface area contributed by atoms with Crippen LogP contribution in [-0.2, 0) is 16.0 Å². The number of nitrogens with one attached hydrogen (secondary N) is 2. The van der Waals surface area contributed by atoms with Gasteiger partial charge in [0.15, 0.2) is 0 Å². The minimum atomic E-state index is -0.453. The van der Waals surface area contributed by atoms with E-state index >= 15 is 0 Å². The number of fused-ring (bicyclic) bond motifs is 1. The van der Waals surface area contributed by atoms with Crippen molar-refractivity contribution in [1.29, 1.82) is 0 Å². The van der Waals surface area contributed by atoms with Gasteiger partial charge in [0.1, 0.15) is 11.3 Å². The first kappa shape index (κ1) is 16.9. The highest BCUT2D eigenvalue weighted by Crippen LogP contribution is 2.40. The molecule has 1 atom stereocenters. The van der Waals surface area contributed by atoms with Crippen LogP contribution in [0.15, 0.2) is 45.1 Å². The SMILES string of the molecule is O=C(CC1Cc2ncccc2NC1=O)Nc1scc(Br)c1-c1ncco1. The number of thiophene rings is 1. The first-order valence-electron chi connectivity index (χ1n) is 7.83. The highest BCUT2D eigenvalue weighted by atomic mass is 79.9. The van der Waals surface area contributed by atoms with Gasteiger partial charge in [-0.1, -0.05) is 0 Å². The number of pyridine rings is 1. The Bertz CT molecular complexity index is 970. The maximum atomic E-state index is 12.5. The number of carbonyl (C=O) groups excluding carboxylic acids is 2. The number of aromatic nitrogens is 2. The van der Waals surface area contributed by atoms with Gasteiger partial charge in [-0.15, -0.1) is 11.3 Å². The van der Waals surface area contributed by atoms with Crippen molar-refractivity contribution in [3.63, 3.8) is 0 Å². The zero-order valence-electron chi connectivity index (χ0n) is 13.4. The number of hydrogen-bond donors (Lipinski definition) is 2. The molecule has 0 spiro atoms. The number of amides is 2. The van der Waals surface area contributed by atoms with Crippen molar-refractivity contribution >= 4 is 49.8 Å². The van der Waals surface area contributed by atoms with E-state index in [1.807, 2.05) is 11.4 Å². The number of carbonyl (C=O) groups is 2. The smallest absolute Gasteiger partial charge is 0.230 e. The first-order valence-corrected chi connectivity index (χ1v) is 9.50. The van der Waals surface area contributed by atoms with Crippen molar-refractivity contribution in [3.05, 3.63) is 46.3 Å². The molecule has 1 aliphatic heterocycles. The number of anilines is 2. The largest absolute Gasteiger partial charge is 0.444 e. The molecule has 2 N–H and O–H groups in total. The molecule has 0 radical (unpaired) electrons. The highest BCUT2D eigenvalue weighted by molar-refractivity contribution is 9.10. The molecule has 7 nitrogen and oxygen atoms in total. The zero-order chi connectivity index (χ0) is 18.1. The second-order valence-corrected chi connectivity index (χ2v) is 7.50. The van der Waals surface area contributed by atoms with E-state index in [4.69, 9.17) is 4.42 Å². The maximum absolute atomic E-state index is 12.5.